The summed E-state index contributed by atoms with van der Waals surface area (Å²) < 4.78 is 20.6. The average Bonchev–Trinajstić information content (AvgIpc) is 3.40. The summed E-state index contributed by atoms with van der Waals surface area (Å²) in [6, 6.07) is 9.99. The van der Waals surface area contributed by atoms with Crippen molar-refractivity contribution in [2.75, 3.05) is 39.3 Å². The number of halogens is 2. The van der Waals surface area contributed by atoms with Gasteiger partial charge in [0.25, 0.3) is 0 Å². The highest BCUT2D eigenvalue weighted by atomic mass is 79.9. The second-order valence-corrected chi connectivity index (χ2v) is 11.4. The molecule has 0 spiro atoms. The van der Waals surface area contributed by atoms with Crippen LogP contribution in [0.15, 0.2) is 41.8 Å². The van der Waals surface area contributed by atoms with Gasteiger partial charge < -0.3 is 26.2 Å². The predicted molar refractivity (Wildman–Crippen MR) is 130 cm³/mol. The van der Waals surface area contributed by atoms with Gasteiger partial charge >= 0.3 is 5.97 Å². The molecule has 5 heterocycles. The highest BCUT2D eigenvalue weighted by molar-refractivity contribution is 7.10. The van der Waals surface area contributed by atoms with E-state index in [9.17, 15) is 14.0 Å². The van der Waals surface area contributed by atoms with E-state index >= 15 is 0 Å². The smallest absolute Gasteiger partial charge is 0.332 e. The third-order valence-corrected chi connectivity index (χ3v) is 9.39. The molecule has 4 saturated heterocycles. The summed E-state index contributed by atoms with van der Waals surface area (Å²) in [7, 11) is 0. The van der Waals surface area contributed by atoms with Crippen LogP contribution in [0.4, 0.5) is 4.39 Å². The predicted octanol–water partition coefficient (Wildman–Crippen LogP) is 1.63. The summed E-state index contributed by atoms with van der Waals surface area (Å²) in [4.78, 5) is 30.1. The van der Waals surface area contributed by atoms with Gasteiger partial charge in [-0.15, -0.1) is 11.3 Å². The third kappa shape index (κ3) is 5.26. The van der Waals surface area contributed by atoms with E-state index in [4.69, 9.17) is 4.74 Å². The summed E-state index contributed by atoms with van der Waals surface area (Å²) in [5.74, 6) is -0.241. The Kier molecular flexibility index (Phi) is 8.15. The number of thiophene rings is 1. The van der Waals surface area contributed by atoms with E-state index in [0.717, 1.165) is 56.7 Å². The summed E-state index contributed by atoms with van der Waals surface area (Å²) in [5, 5.41) is 2.03. The molecule has 4 aliphatic heterocycles. The second kappa shape index (κ2) is 10.8. The van der Waals surface area contributed by atoms with E-state index in [1.807, 2.05) is 24.4 Å². The van der Waals surface area contributed by atoms with E-state index in [1.165, 1.54) is 18.6 Å². The molecule has 4 aliphatic rings. The number of quaternary nitrogens is 1. The topological polar surface area (TPSA) is 46.6 Å². The number of ketones is 1. The Labute approximate surface area is 221 Å². The molecule has 190 valence electrons. The molecule has 0 radical (unpaired) electrons. The number of hydrogen-bond acceptors (Lipinski definition) is 5. The monoisotopic (exact) mass is 564 g/mol. The third-order valence-electron chi connectivity index (χ3n) is 8.31. The van der Waals surface area contributed by atoms with Crippen molar-refractivity contribution < 1.29 is 40.2 Å². The number of carbonyl (C=O) groups is 2. The highest BCUT2D eigenvalue weighted by Gasteiger charge is 2.51. The maximum Gasteiger partial charge on any atom is 0.332 e. The molecule has 5 nitrogen and oxygen atoms in total. The fourth-order valence-electron chi connectivity index (χ4n) is 6.17. The number of benzene rings is 1. The lowest BCUT2D eigenvalue weighted by Crippen LogP contribution is -3.00. The van der Waals surface area contributed by atoms with Gasteiger partial charge in [0.1, 0.15) is 18.9 Å². The minimum Gasteiger partial charge on any atom is -1.00 e. The van der Waals surface area contributed by atoms with E-state index in [-0.39, 0.29) is 40.7 Å². The van der Waals surface area contributed by atoms with Crippen LogP contribution in [0.2, 0.25) is 0 Å². The largest absolute Gasteiger partial charge is 1.00 e. The van der Waals surface area contributed by atoms with Gasteiger partial charge in [-0.25, -0.2) is 9.18 Å². The number of nitrogens with zero attached hydrogens (tertiary/aromatic N) is 2. The Balaban J connectivity index is 0.00000289. The molecule has 2 atom stereocenters. The minimum atomic E-state index is -0.775. The molecule has 0 saturated carbocycles. The van der Waals surface area contributed by atoms with Crippen molar-refractivity contribution in [1.82, 2.24) is 4.90 Å². The highest BCUT2D eigenvalue weighted by Crippen LogP contribution is 2.40. The van der Waals surface area contributed by atoms with Crippen LogP contribution >= 0.6 is 11.3 Å². The number of hydrogen-bond donors (Lipinski definition) is 0. The Bertz CT molecular complexity index is 1030. The van der Waals surface area contributed by atoms with Crippen molar-refractivity contribution in [3.63, 3.8) is 0 Å². The first-order valence-electron chi connectivity index (χ1n) is 12.5. The molecule has 0 aliphatic carbocycles. The number of likely N-dealkylation sites (tertiary alicyclic amines) is 1. The van der Waals surface area contributed by atoms with Crippen molar-refractivity contribution in [2.45, 2.75) is 50.7 Å². The molecule has 35 heavy (non-hydrogen) atoms. The molecule has 0 N–H and O–H groups in total. The standard InChI is InChI=1S/C27H34FN2O3S.BrH/c1-27(25-9-6-16-34-25,29-12-3-2-4-13-29)26(32)33-24-19-30(14-10-20(24)11-15-30)18-23(31)21-7-5-8-22(28)17-21;/h5-9,16-17,20,24H,2-4,10-15,18-19H2,1H3;1H/q+1;/p-1/t20?,24-,27?,30?;/m0./s1. The Morgan fingerprint density at radius 3 is 2.54 bits per heavy atom. The van der Waals surface area contributed by atoms with Crippen LogP contribution in [0, 0.1) is 11.7 Å². The van der Waals surface area contributed by atoms with Gasteiger partial charge in [-0.3, -0.25) is 9.69 Å². The molecular weight excluding hydrogens is 531 g/mol. The maximum absolute atomic E-state index is 13.8. The Morgan fingerprint density at radius 2 is 1.89 bits per heavy atom. The van der Waals surface area contributed by atoms with E-state index in [1.54, 1.807) is 23.5 Å². The normalized spacial score (nSPS) is 28.1. The van der Waals surface area contributed by atoms with Gasteiger partial charge in [0.2, 0.25) is 5.78 Å². The van der Waals surface area contributed by atoms with Crippen LogP contribution < -0.4 is 17.0 Å². The van der Waals surface area contributed by atoms with Crippen molar-refractivity contribution in [2.24, 2.45) is 5.92 Å². The van der Waals surface area contributed by atoms with Crippen LogP contribution in [-0.4, -0.2) is 66.5 Å². The molecule has 0 amide bonds. The van der Waals surface area contributed by atoms with Gasteiger partial charge in [-0.05, 0) is 56.4 Å². The quantitative estimate of drug-likeness (QED) is 0.291. The number of carbonyl (C=O) groups excluding carboxylic acids is 2. The fourth-order valence-corrected chi connectivity index (χ4v) is 7.07. The van der Waals surface area contributed by atoms with E-state index in [2.05, 4.69) is 4.90 Å². The van der Waals surface area contributed by atoms with Crippen molar-refractivity contribution in [1.29, 1.82) is 0 Å². The summed E-state index contributed by atoms with van der Waals surface area (Å²) in [6.45, 7) is 6.64. The van der Waals surface area contributed by atoms with Gasteiger partial charge in [0, 0.05) is 29.2 Å². The van der Waals surface area contributed by atoms with Crippen LogP contribution in [-0.2, 0) is 15.1 Å². The number of piperidine rings is 4. The zero-order chi connectivity index (χ0) is 23.8. The first-order chi connectivity index (χ1) is 16.4. The first kappa shape index (κ1) is 26.5. The zero-order valence-corrected chi connectivity index (χ0v) is 22.7. The van der Waals surface area contributed by atoms with E-state index in [0.29, 0.717) is 29.1 Å². The lowest BCUT2D eigenvalue weighted by molar-refractivity contribution is -0.938. The van der Waals surface area contributed by atoms with Crippen LogP contribution in [0.1, 0.15) is 54.3 Å². The molecule has 4 fully saturated rings. The number of rotatable bonds is 7. The number of esters is 1. The van der Waals surface area contributed by atoms with E-state index < -0.39 is 5.54 Å². The molecule has 1 unspecified atom stereocenters. The van der Waals surface area contributed by atoms with Gasteiger partial charge in [0.15, 0.2) is 11.6 Å². The molecule has 1 aromatic carbocycles. The van der Waals surface area contributed by atoms with Crippen molar-refractivity contribution >= 4 is 23.1 Å². The van der Waals surface area contributed by atoms with Gasteiger partial charge in [-0.2, -0.15) is 0 Å². The molecule has 1 aromatic heterocycles. The van der Waals surface area contributed by atoms with Crippen molar-refractivity contribution in [3.8, 4) is 0 Å². The maximum atomic E-state index is 13.8. The molecule has 8 heteroatoms. The summed E-state index contributed by atoms with van der Waals surface area (Å²) in [5.41, 5.74) is -0.355. The molecule has 2 aromatic rings. The lowest BCUT2D eigenvalue weighted by atomic mass is 9.82. The summed E-state index contributed by atoms with van der Waals surface area (Å²) in [6.07, 6.45) is 5.13. The molecule has 2 bridgehead atoms. The van der Waals surface area contributed by atoms with Gasteiger partial charge in [-0.1, -0.05) is 24.6 Å². The molecular formula is C27H34BrFN2O3S. The summed E-state index contributed by atoms with van der Waals surface area (Å²) >= 11 is 1.61. The van der Waals surface area contributed by atoms with Crippen molar-refractivity contribution in [3.05, 3.63) is 58.0 Å². The van der Waals surface area contributed by atoms with Crippen LogP contribution in [0.3, 0.4) is 0 Å². The second-order valence-electron chi connectivity index (χ2n) is 10.4. The average molecular weight is 566 g/mol. The number of ether oxygens (including phenoxy) is 1. The zero-order valence-electron chi connectivity index (χ0n) is 20.3. The SMILES string of the molecule is CC(C(=O)O[C@H]1C[N+]2(CC(=O)c3cccc(F)c3)CCC1CC2)(c1cccs1)N1CCCCC1.[Br-]. The van der Waals surface area contributed by atoms with Crippen LogP contribution in [0.5, 0.6) is 0 Å². The minimum absolute atomic E-state index is 0. The Morgan fingerprint density at radius 1 is 1.14 bits per heavy atom. The number of fused-ring (bicyclic) bond motifs is 3. The fraction of sp³-hybridized carbons (Fsp3) is 0.556. The number of Topliss-reactive ketones (excluding diaryl/α,β-unsaturated/α-hetero) is 1. The van der Waals surface area contributed by atoms with Crippen LogP contribution in [0.25, 0.3) is 0 Å². The van der Waals surface area contributed by atoms with Gasteiger partial charge in [0.05, 0.1) is 13.1 Å². The molecule has 6 rings (SSSR count). The first-order valence-corrected chi connectivity index (χ1v) is 13.4. The Hall–Kier alpha value is -1.61. The lowest BCUT2D eigenvalue weighted by Gasteiger charge is -2.52.